The predicted octanol–water partition coefficient (Wildman–Crippen LogP) is 4.82. The Morgan fingerprint density at radius 1 is 0.690 bits per heavy atom. The normalized spacial score (nSPS) is 9.38. The smallest absolute Gasteiger partial charge is 0.170 e. The summed E-state index contributed by atoms with van der Waals surface area (Å²) in [6.45, 7) is 1.41. The Labute approximate surface area is 190 Å². The van der Waals surface area contributed by atoms with Crippen molar-refractivity contribution in [3.8, 4) is 0 Å². The van der Waals surface area contributed by atoms with E-state index in [4.69, 9.17) is 24.4 Å². The highest BCUT2D eigenvalue weighted by Crippen LogP contribution is 2.16. The largest absolute Gasteiger partial charge is 0.362 e. The van der Waals surface area contributed by atoms with E-state index in [0.29, 0.717) is 23.3 Å². The Morgan fingerprint density at radius 2 is 1.07 bits per heavy atom. The SMILES string of the molecule is S=C=Nc1ccc(NC(=S)NCCCNC(=S)Nc2ccc(N=C=S)cc2)cc1. The van der Waals surface area contributed by atoms with E-state index in [-0.39, 0.29) is 0 Å². The average Bonchev–Trinajstić information content (AvgIpc) is 2.71. The molecular formula is C19H18N6S4. The molecule has 0 bridgehead atoms. The van der Waals surface area contributed by atoms with Gasteiger partial charge in [-0.3, -0.25) is 0 Å². The quantitative estimate of drug-likeness (QED) is 0.255. The van der Waals surface area contributed by atoms with E-state index >= 15 is 0 Å². The Hall–Kier alpha value is -2.58. The molecule has 0 spiro atoms. The number of benzene rings is 2. The van der Waals surface area contributed by atoms with E-state index < -0.39 is 0 Å². The molecular weight excluding hydrogens is 441 g/mol. The van der Waals surface area contributed by atoms with Crippen molar-refractivity contribution in [2.75, 3.05) is 23.7 Å². The molecule has 0 aliphatic rings. The summed E-state index contributed by atoms with van der Waals surface area (Å²) < 4.78 is 0. The van der Waals surface area contributed by atoms with Crippen LogP contribution in [0.25, 0.3) is 0 Å². The summed E-state index contributed by atoms with van der Waals surface area (Å²) in [5.74, 6) is 0. The molecule has 0 saturated carbocycles. The molecule has 0 aromatic heterocycles. The second-order valence-corrected chi connectivity index (χ2v) is 6.80. The van der Waals surface area contributed by atoms with Gasteiger partial charge in [-0.25, -0.2) is 0 Å². The summed E-state index contributed by atoms with van der Waals surface area (Å²) in [6.07, 6.45) is 0.842. The van der Waals surface area contributed by atoms with Crippen LogP contribution in [-0.4, -0.2) is 33.6 Å². The topological polar surface area (TPSA) is 72.8 Å². The van der Waals surface area contributed by atoms with Crippen molar-refractivity contribution in [1.29, 1.82) is 0 Å². The van der Waals surface area contributed by atoms with Crippen LogP contribution in [0.15, 0.2) is 58.5 Å². The zero-order chi connectivity index (χ0) is 20.9. The maximum absolute atomic E-state index is 5.29. The maximum Gasteiger partial charge on any atom is 0.170 e. The van der Waals surface area contributed by atoms with Gasteiger partial charge in [-0.15, -0.1) is 0 Å². The van der Waals surface area contributed by atoms with Crippen molar-refractivity contribution in [2.45, 2.75) is 6.42 Å². The van der Waals surface area contributed by atoms with Gasteiger partial charge in [0.2, 0.25) is 0 Å². The lowest BCUT2D eigenvalue weighted by atomic mass is 10.3. The molecule has 4 N–H and O–H groups in total. The first-order valence-corrected chi connectivity index (χ1v) is 10.2. The third-order valence-electron chi connectivity index (χ3n) is 3.52. The first-order valence-electron chi connectivity index (χ1n) is 8.56. The molecule has 0 unspecified atom stereocenters. The van der Waals surface area contributed by atoms with E-state index in [1.807, 2.05) is 48.5 Å². The molecule has 0 aliphatic carbocycles. The minimum atomic E-state index is 0.552. The summed E-state index contributed by atoms with van der Waals surface area (Å²) in [6, 6.07) is 14.8. The fourth-order valence-corrected chi connectivity index (χ4v) is 2.84. The van der Waals surface area contributed by atoms with Crippen LogP contribution in [0.4, 0.5) is 22.7 Å². The molecule has 0 amide bonds. The minimum absolute atomic E-state index is 0.552. The first kappa shape index (κ1) is 22.7. The van der Waals surface area contributed by atoms with Gasteiger partial charge in [0.25, 0.3) is 0 Å². The van der Waals surface area contributed by atoms with E-state index in [1.54, 1.807) is 0 Å². The van der Waals surface area contributed by atoms with Gasteiger partial charge < -0.3 is 21.3 Å². The lowest BCUT2D eigenvalue weighted by Crippen LogP contribution is -2.33. The molecule has 2 rings (SSSR count). The van der Waals surface area contributed by atoms with Gasteiger partial charge in [0.15, 0.2) is 10.2 Å². The summed E-state index contributed by atoms with van der Waals surface area (Å²) in [5.41, 5.74) is 3.24. The van der Waals surface area contributed by atoms with Gasteiger partial charge in [-0.2, -0.15) is 9.98 Å². The van der Waals surface area contributed by atoms with Crippen molar-refractivity contribution < 1.29 is 0 Å². The highest BCUT2D eigenvalue weighted by atomic mass is 32.1. The van der Waals surface area contributed by atoms with Crippen LogP contribution in [-0.2, 0) is 0 Å². The van der Waals surface area contributed by atoms with Gasteiger partial charge >= 0.3 is 0 Å². The number of thiocarbonyl (C=S) groups is 4. The van der Waals surface area contributed by atoms with Crippen LogP contribution in [0.5, 0.6) is 0 Å². The zero-order valence-corrected chi connectivity index (χ0v) is 18.5. The van der Waals surface area contributed by atoms with Crippen molar-refractivity contribution in [3.63, 3.8) is 0 Å². The summed E-state index contributed by atoms with van der Waals surface area (Å²) in [5, 5.41) is 18.3. The number of anilines is 2. The average molecular weight is 459 g/mol. The van der Waals surface area contributed by atoms with Crippen LogP contribution in [0.2, 0.25) is 0 Å². The highest BCUT2D eigenvalue weighted by Gasteiger charge is 2.00. The summed E-state index contributed by atoms with van der Waals surface area (Å²) >= 11 is 19.7. The predicted molar refractivity (Wildman–Crippen MR) is 135 cm³/mol. The summed E-state index contributed by atoms with van der Waals surface area (Å²) in [4.78, 5) is 7.81. The van der Waals surface area contributed by atoms with Crippen molar-refractivity contribution >= 4 is 92.2 Å². The molecule has 0 saturated heterocycles. The molecule has 10 heteroatoms. The Bertz CT molecular complexity index is 853. The van der Waals surface area contributed by atoms with Gasteiger partial charge in [-0.05, 0) is 104 Å². The number of aliphatic imine (C=N–C) groups is 2. The van der Waals surface area contributed by atoms with Crippen molar-refractivity contribution in [2.24, 2.45) is 9.98 Å². The fraction of sp³-hybridized carbons (Fsp3) is 0.158. The Kier molecular flexibility index (Phi) is 10.0. The molecule has 0 fully saturated rings. The van der Waals surface area contributed by atoms with E-state index in [0.717, 1.165) is 29.2 Å². The Morgan fingerprint density at radius 3 is 1.41 bits per heavy atom. The lowest BCUT2D eigenvalue weighted by molar-refractivity contribution is 0.748. The standard InChI is InChI=1S/C19H18N6S4/c26-12-22-14-2-6-16(7-3-14)24-18(28)20-10-1-11-21-19(29)25-17-8-4-15(5-9-17)23-13-27/h2-9H,1,10-11H2,(H2,20,24,28)(H2,21,25,29). The third kappa shape index (κ3) is 8.97. The lowest BCUT2D eigenvalue weighted by Gasteiger charge is -2.12. The Balaban J connectivity index is 1.61. The second kappa shape index (κ2) is 12.8. The zero-order valence-electron chi connectivity index (χ0n) is 15.3. The van der Waals surface area contributed by atoms with Crippen molar-refractivity contribution in [1.82, 2.24) is 10.6 Å². The molecule has 0 aliphatic heterocycles. The van der Waals surface area contributed by atoms with E-state index in [9.17, 15) is 0 Å². The monoisotopic (exact) mass is 458 g/mol. The van der Waals surface area contributed by atoms with Gasteiger partial charge in [-0.1, -0.05) is 0 Å². The molecule has 0 heterocycles. The van der Waals surface area contributed by atoms with Crippen LogP contribution in [0.1, 0.15) is 6.42 Å². The second-order valence-electron chi connectivity index (χ2n) is 5.62. The molecule has 6 nitrogen and oxygen atoms in total. The molecule has 2 aromatic rings. The molecule has 0 radical (unpaired) electrons. The van der Waals surface area contributed by atoms with E-state index in [1.165, 1.54) is 0 Å². The van der Waals surface area contributed by atoms with Gasteiger partial charge in [0, 0.05) is 24.5 Å². The van der Waals surface area contributed by atoms with Crippen LogP contribution >= 0.6 is 48.9 Å². The summed E-state index contributed by atoms with van der Waals surface area (Å²) in [7, 11) is 0. The third-order valence-corrected chi connectivity index (χ3v) is 4.20. The van der Waals surface area contributed by atoms with Crippen LogP contribution in [0, 0.1) is 0 Å². The van der Waals surface area contributed by atoms with E-state index in [2.05, 4.69) is 66.0 Å². The minimum Gasteiger partial charge on any atom is -0.362 e. The number of isothiocyanates is 2. The van der Waals surface area contributed by atoms with Crippen molar-refractivity contribution in [3.05, 3.63) is 48.5 Å². The first-order chi connectivity index (χ1) is 14.1. The highest BCUT2D eigenvalue weighted by molar-refractivity contribution is 7.80. The number of nitrogens with one attached hydrogen (secondary N) is 4. The molecule has 0 atom stereocenters. The number of hydrogen-bond donors (Lipinski definition) is 4. The number of nitrogens with zero attached hydrogens (tertiary/aromatic N) is 2. The molecule has 148 valence electrons. The number of rotatable bonds is 8. The molecule has 29 heavy (non-hydrogen) atoms. The maximum atomic E-state index is 5.29. The van der Waals surface area contributed by atoms with Crippen LogP contribution < -0.4 is 21.3 Å². The van der Waals surface area contributed by atoms with Gasteiger partial charge in [0.05, 0.1) is 21.7 Å². The fourth-order valence-electron chi connectivity index (χ4n) is 2.19. The van der Waals surface area contributed by atoms with Crippen LogP contribution in [0.3, 0.4) is 0 Å². The number of hydrogen-bond acceptors (Lipinski definition) is 6. The van der Waals surface area contributed by atoms with Gasteiger partial charge in [0.1, 0.15) is 0 Å². The molecule has 2 aromatic carbocycles.